The van der Waals surface area contributed by atoms with E-state index in [4.69, 9.17) is 0 Å². The van der Waals surface area contributed by atoms with Crippen molar-refractivity contribution in [3.05, 3.63) is 36.5 Å². The normalized spacial score (nSPS) is 12.5. The Morgan fingerprint density at radius 2 is 1.45 bits per heavy atom. The Kier molecular flexibility index (Phi) is 8.57. The molecule has 0 spiro atoms. The summed E-state index contributed by atoms with van der Waals surface area (Å²) >= 11 is 0. The van der Waals surface area contributed by atoms with E-state index >= 15 is 0 Å². The van der Waals surface area contributed by atoms with Crippen LogP contribution in [-0.2, 0) is 0 Å². The number of hydrogen-bond acceptors (Lipinski definition) is 0. The summed E-state index contributed by atoms with van der Waals surface area (Å²) in [4.78, 5) is 0. The van der Waals surface area contributed by atoms with Gasteiger partial charge in [0.05, 0.1) is 0 Å². The zero-order valence-corrected chi connectivity index (χ0v) is 7.59. The van der Waals surface area contributed by atoms with E-state index in [-0.39, 0.29) is 0 Å². The van der Waals surface area contributed by atoms with Crippen molar-refractivity contribution in [2.24, 2.45) is 0 Å². The van der Waals surface area contributed by atoms with Gasteiger partial charge in [0.25, 0.3) is 0 Å². The Bertz CT molecular complexity index is 138. The summed E-state index contributed by atoms with van der Waals surface area (Å²) in [6, 6.07) is 0. The van der Waals surface area contributed by atoms with Crippen molar-refractivity contribution in [3.63, 3.8) is 0 Å². The van der Waals surface area contributed by atoms with Crippen LogP contribution in [0.15, 0.2) is 36.5 Å². The number of unbranched alkanes of at least 4 members (excludes halogenated alkanes) is 1. The highest BCUT2D eigenvalue weighted by Crippen LogP contribution is 1.89. The molecule has 11 heavy (non-hydrogen) atoms. The van der Waals surface area contributed by atoms with Crippen molar-refractivity contribution in [3.8, 4) is 0 Å². The molecule has 0 aliphatic rings. The first-order chi connectivity index (χ1) is 5.41. The van der Waals surface area contributed by atoms with Gasteiger partial charge in [-0.05, 0) is 12.8 Å². The summed E-state index contributed by atoms with van der Waals surface area (Å²) in [7, 11) is 0. The van der Waals surface area contributed by atoms with Gasteiger partial charge in [0, 0.05) is 0 Å². The van der Waals surface area contributed by atoms with Crippen LogP contribution in [0.3, 0.4) is 0 Å². The molecular formula is C11H18. The zero-order chi connectivity index (χ0) is 8.36. The molecule has 0 saturated carbocycles. The second kappa shape index (κ2) is 9.22. The Balaban J connectivity index is 3.35. The Hall–Kier alpha value is -0.780. The van der Waals surface area contributed by atoms with Crippen molar-refractivity contribution in [2.75, 3.05) is 0 Å². The molecule has 0 nitrogen and oxygen atoms in total. The van der Waals surface area contributed by atoms with Crippen LogP contribution in [0.2, 0.25) is 0 Å². The van der Waals surface area contributed by atoms with Gasteiger partial charge < -0.3 is 0 Å². The van der Waals surface area contributed by atoms with E-state index in [9.17, 15) is 0 Å². The van der Waals surface area contributed by atoms with E-state index in [2.05, 4.69) is 50.3 Å². The lowest BCUT2D eigenvalue weighted by atomic mass is 10.3. The predicted octanol–water partition coefficient (Wildman–Crippen LogP) is 3.87. The highest BCUT2D eigenvalue weighted by Gasteiger charge is 1.68. The van der Waals surface area contributed by atoms with Gasteiger partial charge in [-0.25, -0.2) is 0 Å². The number of hydrogen-bond donors (Lipinski definition) is 0. The molecule has 0 saturated heterocycles. The molecule has 0 heterocycles. The fraction of sp³-hybridized carbons (Fsp3) is 0.455. The Labute approximate surface area is 70.3 Å². The van der Waals surface area contributed by atoms with Gasteiger partial charge in [0.15, 0.2) is 0 Å². The van der Waals surface area contributed by atoms with E-state index in [0.717, 1.165) is 6.42 Å². The van der Waals surface area contributed by atoms with E-state index in [1.54, 1.807) is 0 Å². The predicted molar refractivity (Wildman–Crippen MR) is 52.6 cm³/mol. The third-order valence-electron chi connectivity index (χ3n) is 1.30. The zero-order valence-electron chi connectivity index (χ0n) is 7.59. The quantitative estimate of drug-likeness (QED) is 0.522. The Morgan fingerprint density at radius 1 is 0.818 bits per heavy atom. The maximum atomic E-state index is 2.19. The van der Waals surface area contributed by atoms with Gasteiger partial charge in [-0.2, -0.15) is 0 Å². The monoisotopic (exact) mass is 150 g/mol. The molecular weight excluding hydrogens is 132 g/mol. The van der Waals surface area contributed by atoms with Gasteiger partial charge in [0.2, 0.25) is 0 Å². The summed E-state index contributed by atoms with van der Waals surface area (Å²) in [6.07, 6.45) is 16.2. The van der Waals surface area contributed by atoms with Gasteiger partial charge in [-0.15, -0.1) is 0 Å². The van der Waals surface area contributed by atoms with Crippen LogP contribution in [0, 0.1) is 0 Å². The molecule has 0 amide bonds. The molecule has 0 rings (SSSR count). The van der Waals surface area contributed by atoms with E-state index < -0.39 is 0 Å². The fourth-order valence-electron chi connectivity index (χ4n) is 0.684. The van der Waals surface area contributed by atoms with Crippen molar-refractivity contribution in [2.45, 2.75) is 33.1 Å². The standard InChI is InChI=1S/C11H18/c1-3-5-7-9-11-10-8-6-4-2/h5,7-11H,3-4,6H2,1-2H3/b7-5+,10-8+,11-9+. The highest BCUT2D eigenvalue weighted by molar-refractivity contribution is 5.10. The van der Waals surface area contributed by atoms with Crippen LogP contribution in [0.25, 0.3) is 0 Å². The van der Waals surface area contributed by atoms with Crippen LogP contribution >= 0.6 is 0 Å². The topological polar surface area (TPSA) is 0 Å². The molecule has 0 N–H and O–H groups in total. The van der Waals surface area contributed by atoms with Crippen molar-refractivity contribution < 1.29 is 0 Å². The van der Waals surface area contributed by atoms with Crippen LogP contribution in [0.4, 0.5) is 0 Å². The molecule has 0 aromatic heterocycles. The smallest absolute Gasteiger partial charge is 0.0350 e. The van der Waals surface area contributed by atoms with Gasteiger partial charge in [0.1, 0.15) is 0 Å². The molecule has 0 unspecified atom stereocenters. The first-order valence-electron chi connectivity index (χ1n) is 4.40. The molecule has 0 aromatic rings. The van der Waals surface area contributed by atoms with Crippen molar-refractivity contribution in [1.82, 2.24) is 0 Å². The summed E-state index contributed by atoms with van der Waals surface area (Å²) in [5, 5.41) is 0. The van der Waals surface area contributed by atoms with Gasteiger partial charge >= 0.3 is 0 Å². The van der Waals surface area contributed by atoms with Crippen molar-refractivity contribution in [1.29, 1.82) is 0 Å². The second-order valence-electron chi connectivity index (χ2n) is 2.44. The molecule has 0 heteroatoms. The first-order valence-corrected chi connectivity index (χ1v) is 4.40. The lowest BCUT2D eigenvalue weighted by Gasteiger charge is -1.79. The number of rotatable bonds is 5. The number of allylic oxidation sites excluding steroid dienone is 6. The minimum Gasteiger partial charge on any atom is -0.0848 e. The Morgan fingerprint density at radius 3 is 2.00 bits per heavy atom. The summed E-state index contributed by atoms with van der Waals surface area (Å²) in [5.41, 5.74) is 0. The largest absolute Gasteiger partial charge is 0.0848 e. The van der Waals surface area contributed by atoms with Crippen LogP contribution in [0.5, 0.6) is 0 Å². The third kappa shape index (κ3) is 9.22. The molecule has 0 fully saturated rings. The average molecular weight is 150 g/mol. The van der Waals surface area contributed by atoms with E-state index in [1.807, 2.05) is 0 Å². The van der Waals surface area contributed by atoms with Crippen LogP contribution < -0.4 is 0 Å². The summed E-state index contributed by atoms with van der Waals surface area (Å²) < 4.78 is 0. The maximum absolute atomic E-state index is 2.19. The molecule has 62 valence electrons. The minimum atomic E-state index is 1.11. The summed E-state index contributed by atoms with van der Waals surface area (Å²) in [5.74, 6) is 0. The fourth-order valence-corrected chi connectivity index (χ4v) is 0.684. The molecule has 0 aromatic carbocycles. The molecule has 0 bridgehead atoms. The minimum absolute atomic E-state index is 1.11. The van der Waals surface area contributed by atoms with E-state index in [0.29, 0.717) is 0 Å². The average Bonchev–Trinajstić information content (AvgIpc) is 2.03. The lowest BCUT2D eigenvalue weighted by Crippen LogP contribution is -1.58. The first kappa shape index (κ1) is 10.2. The molecule has 0 radical (unpaired) electrons. The van der Waals surface area contributed by atoms with Crippen LogP contribution in [-0.4, -0.2) is 0 Å². The van der Waals surface area contributed by atoms with E-state index in [1.165, 1.54) is 12.8 Å². The third-order valence-corrected chi connectivity index (χ3v) is 1.30. The lowest BCUT2D eigenvalue weighted by molar-refractivity contribution is 0.959. The maximum Gasteiger partial charge on any atom is -0.0350 e. The molecule has 0 aliphatic heterocycles. The van der Waals surface area contributed by atoms with Gasteiger partial charge in [-0.1, -0.05) is 56.7 Å². The SMILES string of the molecule is CC/C=C/C=C/C=C/CCC. The van der Waals surface area contributed by atoms with Gasteiger partial charge in [-0.3, -0.25) is 0 Å². The molecule has 0 aliphatic carbocycles. The highest BCUT2D eigenvalue weighted by atomic mass is 13.7. The van der Waals surface area contributed by atoms with Crippen molar-refractivity contribution >= 4 is 0 Å². The summed E-state index contributed by atoms with van der Waals surface area (Å²) in [6.45, 7) is 4.32. The molecule has 0 atom stereocenters. The second-order valence-corrected chi connectivity index (χ2v) is 2.44. The van der Waals surface area contributed by atoms with Crippen LogP contribution in [0.1, 0.15) is 33.1 Å².